The minimum atomic E-state index is -0.733. The number of rotatable bonds is 6. The lowest BCUT2D eigenvalue weighted by Crippen LogP contribution is -2.53. The molecule has 3 amide bonds. The van der Waals surface area contributed by atoms with Crippen molar-refractivity contribution in [1.29, 1.82) is 0 Å². The molecule has 0 aromatic heterocycles. The van der Waals surface area contributed by atoms with Gasteiger partial charge in [0.2, 0.25) is 5.91 Å². The van der Waals surface area contributed by atoms with Crippen LogP contribution in [-0.4, -0.2) is 46.3 Å². The molecule has 0 aliphatic carbocycles. The maximum absolute atomic E-state index is 13.1. The molecule has 9 heteroatoms. The number of carbonyl (C=O) groups excluding carboxylic acids is 3. The molecule has 1 atom stereocenters. The van der Waals surface area contributed by atoms with E-state index in [1.54, 1.807) is 32.9 Å². The number of carbonyl (C=O) groups is 3. The summed E-state index contributed by atoms with van der Waals surface area (Å²) in [6.07, 6.45) is -0.272. The molecule has 1 heterocycles. The average molecular weight is 456 g/mol. The second-order valence-electron chi connectivity index (χ2n) is 8.79. The zero-order valence-corrected chi connectivity index (χ0v) is 19.0. The molecule has 9 nitrogen and oxygen atoms in total. The van der Waals surface area contributed by atoms with Gasteiger partial charge in [-0.1, -0.05) is 36.4 Å². The second kappa shape index (κ2) is 10.4. The molecule has 0 unspecified atom stereocenters. The number of amides is 3. The van der Waals surface area contributed by atoms with Crippen molar-refractivity contribution in [2.75, 3.05) is 6.61 Å². The molecule has 0 saturated heterocycles. The van der Waals surface area contributed by atoms with Crippen molar-refractivity contribution in [3.8, 4) is 5.75 Å². The van der Waals surface area contributed by atoms with Crippen molar-refractivity contribution in [1.82, 2.24) is 15.7 Å². The van der Waals surface area contributed by atoms with Crippen molar-refractivity contribution in [2.24, 2.45) is 0 Å². The van der Waals surface area contributed by atoms with Crippen LogP contribution in [0.3, 0.4) is 0 Å². The molecule has 0 fully saturated rings. The minimum Gasteiger partial charge on any atom is -0.484 e. The number of nitrogens with one attached hydrogen (secondary N) is 2. The third-order valence-electron chi connectivity index (χ3n) is 5.04. The molecule has 33 heavy (non-hydrogen) atoms. The molecule has 2 aromatic rings. The van der Waals surface area contributed by atoms with E-state index >= 15 is 0 Å². The lowest BCUT2D eigenvalue weighted by atomic mass is 9.93. The summed E-state index contributed by atoms with van der Waals surface area (Å²) in [5, 5.41) is 11.5. The van der Waals surface area contributed by atoms with Crippen LogP contribution in [0.25, 0.3) is 0 Å². The summed E-state index contributed by atoms with van der Waals surface area (Å²) in [7, 11) is 0. The van der Waals surface area contributed by atoms with Crippen LogP contribution in [0, 0.1) is 0 Å². The molecule has 1 aliphatic rings. The number of nitrogens with zero attached hydrogens (tertiary/aromatic N) is 1. The van der Waals surface area contributed by atoms with Gasteiger partial charge in [0.25, 0.3) is 5.91 Å². The molecule has 3 N–H and O–H groups in total. The number of hydrogen-bond donors (Lipinski definition) is 3. The summed E-state index contributed by atoms with van der Waals surface area (Å²) >= 11 is 0. The van der Waals surface area contributed by atoms with E-state index in [2.05, 4.69) is 5.32 Å². The van der Waals surface area contributed by atoms with Crippen molar-refractivity contribution >= 4 is 17.9 Å². The van der Waals surface area contributed by atoms with E-state index in [1.807, 2.05) is 36.4 Å². The Morgan fingerprint density at radius 3 is 2.48 bits per heavy atom. The highest BCUT2D eigenvalue weighted by molar-refractivity contribution is 5.86. The van der Waals surface area contributed by atoms with Crippen LogP contribution >= 0.6 is 0 Å². The zero-order valence-electron chi connectivity index (χ0n) is 19.0. The summed E-state index contributed by atoms with van der Waals surface area (Å²) in [5.41, 5.74) is 3.43. The molecule has 2 aromatic carbocycles. The van der Waals surface area contributed by atoms with E-state index in [4.69, 9.17) is 14.7 Å². The van der Waals surface area contributed by atoms with Gasteiger partial charge >= 0.3 is 6.09 Å². The van der Waals surface area contributed by atoms with Crippen LogP contribution in [0.2, 0.25) is 0 Å². The highest BCUT2D eigenvalue weighted by Gasteiger charge is 2.37. The molecule has 1 aliphatic heterocycles. The van der Waals surface area contributed by atoms with Gasteiger partial charge < -0.3 is 14.8 Å². The van der Waals surface area contributed by atoms with Crippen molar-refractivity contribution < 1.29 is 29.1 Å². The van der Waals surface area contributed by atoms with Crippen LogP contribution in [0.4, 0.5) is 4.79 Å². The fraction of sp³-hybridized carbons (Fsp3) is 0.375. The standard InChI is InChI=1S/C24H29N3O6/c1-24(2,3)33-23(30)27-14-18-11-19(32-15-21(28)26-31)10-9-17(18)12-20(27)22(29)25-13-16-7-5-4-6-8-16/h4-11,20,31H,12-15H2,1-3H3,(H,25,29)(H,26,28)/t20-/m0/s1. The number of hydroxylamine groups is 1. The zero-order chi connectivity index (χ0) is 24.0. The lowest BCUT2D eigenvalue weighted by molar-refractivity contribution is -0.131. The smallest absolute Gasteiger partial charge is 0.411 e. The van der Waals surface area contributed by atoms with Gasteiger partial charge in [0.05, 0.1) is 6.54 Å². The monoisotopic (exact) mass is 455 g/mol. The summed E-state index contributed by atoms with van der Waals surface area (Å²) in [5.74, 6) is -0.540. The van der Waals surface area contributed by atoms with E-state index < -0.39 is 23.6 Å². The Labute approximate surface area is 192 Å². The molecule has 3 rings (SSSR count). The summed E-state index contributed by atoms with van der Waals surface area (Å²) in [6.45, 7) is 5.46. The summed E-state index contributed by atoms with van der Waals surface area (Å²) in [6, 6.07) is 14.0. The largest absolute Gasteiger partial charge is 0.484 e. The number of benzene rings is 2. The SMILES string of the molecule is CC(C)(C)OC(=O)N1Cc2cc(OCC(=O)NO)ccc2C[C@H]1C(=O)NCc1ccccc1. The molecule has 176 valence electrons. The van der Waals surface area contributed by atoms with Crippen LogP contribution in [-0.2, 0) is 33.8 Å². The van der Waals surface area contributed by atoms with E-state index in [1.165, 1.54) is 10.4 Å². The van der Waals surface area contributed by atoms with Crippen LogP contribution in [0.15, 0.2) is 48.5 Å². The summed E-state index contributed by atoms with van der Waals surface area (Å²) < 4.78 is 10.9. The van der Waals surface area contributed by atoms with Crippen molar-refractivity contribution in [2.45, 2.75) is 51.9 Å². The fourth-order valence-corrected chi connectivity index (χ4v) is 3.48. The van der Waals surface area contributed by atoms with Gasteiger partial charge in [0, 0.05) is 13.0 Å². The topological polar surface area (TPSA) is 117 Å². The first-order valence-corrected chi connectivity index (χ1v) is 10.6. The lowest BCUT2D eigenvalue weighted by Gasteiger charge is -2.37. The fourth-order valence-electron chi connectivity index (χ4n) is 3.48. The highest BCUT2D eigenvalue weighted by atomic mass is 16.6. The van der Waals surface area contributed by atoms with Crippen LogP contribution in [0.1, 0.15) is 37.5 Å². The first-order chi connectivity index (χ1) is 15.7. The van der Waals surface area contributed by atoms with Crippen LogP contribution < -0.4 is 15.5 Å². The highest BCUT2D eigenvalue weighted by Crippen LogP contribution is 2.28. The van der Waals surface area contributed by atoms with E-state index in [0.717, 1.165) is 16.7 Å². The first kappa shape index (κ1) is 24.1. The number of ether oxygens (including phenoxy) is 2. The van der Waals surface area contributed by atoms with Crippen LogP contribution in [0.5, 0.6) is 5.75 Å². The Morgan fingerprint density at radius 2 is 1.82 bits per heavy atom. The third kappa shape index (κ3) is 6.69. The molecular formula is C24H29N3O6. The predicted molar refractivity (Wildman–Crippen MR) is 119 cm³/mol. The Balaban J connectivity index is 1.79. The van der Waals surface area contributed by atoms with Gasteiger partial charge in [0.1, 0.15) is 17.4 Å². The van der Waals surface area contributed by atoms with Gasteiger partial charge in [-0.25, -0.2) is 10.3 Å². The Hall–Kier alpha value is -3.59. The maximum atomic E-state index is 13.1. The van der Waals surface area contributed by atoms with E-state index in [-0.39, 0.29) is 19.1 Å². The molecule has 0 bridgehead atoms. The quantitative estimate of drug-likeness (QED) is 0.455. The van der Waals surface area contributed by atoms with E-state index in [0.29, 0.717) is 18.7 Å². The second-order valence-corrected chi connectivity index (χ2v) is 8.79. The molecule has 0 saturated carbocycles. The Kier molecular flexibility index (Phi) is 7.55. The van der Waals surface area contributed by atoms with E-state index in [9.17, 15) is 14.4 Å². The summed E-state index contributed by atoms with van der Waals surface area (Å²) in [4.78, 5) is 38.7. The Morgan fingerprint density at radius 1 is 1.09 bits per heavy atom. The first-order valence-electron chi connectivity index (χ1n) is 10.6. The van der Waals surface area contributed by atoms with Gasteiger partial charge in [-0.3, -0.25) is 19.7 Å². The van der Waals surface area contributed by atoms with Gasteiger partial charge in [-0.15, -0.1) is 0 Å². The average Bonchev–Trinajstić information content (AvgIpc) is 2.79. The molecule has 0 spiro atoms. The third-order valence-corrected chi connectivity index (χ3v) is 5.04. The predicted octanol–water partition coefficient (Wildman–Crippen LogP) is 2.55. The Bertz CT molecular complexity index is 1000. The van der Waals surface area contributed by atoms with Gasteiger partial charge in [-0.2, -0.15) is 0 Å². The maximum Gasteiger partial charge on any atom is 0.411 e. The van der Waals surface area contributed by atoms with Crippen molar-refractivity contribution in [3.63, 3.8) is 0 Å². The number of fused-ring (bicyclic) bond motifs is 1. The number of hydrogen-bond acceptors (Lipinski definition) is 6. The molecule has 0 radical (unpaired) electrons. The van der Waals surface area contributed by atoms with Gasteiger partial charge in [-0.05, 0) is 49.6 Å². The normalized spacial score (nSPS) is 15.3. The van der Waals surface area contributed by atoms with Gasteiger partial charge in [0.15, 0.2) is 6.61 Å². The minimum absolute atomic E-state index is 0.150. The van der Waals surface area contributed by atoms with Crippen molar-refractivity contribution in [3.05, 3.63) is 65.2 Å². The molecular weight excluding hydrogens is 426 g/mol.